The number of nitrogens with one attached hydrogen (secondary N) is 1. The van der Waals surface area contributed by atoms with Gasteiger partial charge in [-0.05, 0) is 20.0 Å². The molecular formula is C10H22N2. The minimum Gasteiger partial charge on any atom is -0.316 e. The predicted molar refractivity (Wildman–Crippen MR) is 55.5 cm³/mol. The van der Waals surface area contributed by atoms with Crippen LogP contribution in [0.5, 0.6) is 0 Å². The predicted octanol–water partition coefficient (Wildman–Crippen LogP) is 1.49. The van der Waals surface area contributed by atoms with Gasteiger partial charge < -0.3 is 5.32 Å². The summed E-state index contributed by atoms with van der Waals surface area (Å²) in [6, 6.07) is 0. The molecule has 2 heteroatoms. The van der Waals surface area contributed by atoms with Crippen LogP contribution in [0.1, 0.15) is 20.8 Å². The van der Waals surface area contributed by atoms with Gasteiger partial charge in [0.05, 0.1) is 0 Å². The standard InChI is InChI=1S/C10H22N2/c1-5-11-7-8-12(6-2)9-10(3)4/h11H,3,5-9H2,1-2,4H3. The van der Waals surface area contributed by atoms with Gasteiger partial charge in [0.2, 0.25) is 0 Å². The Morgan fingerprint density at radius 1 is 1.42 bits per heavy atom. The smallest absolute Gasteiger partial charge is 0.0187 e. The average molecular weight is 170 g/mol. The molecule has 0 aromatic heterocycles. The molecule has 0 saturated carbocycles. The maximum atomic E-state index is 3.91. The monoisotopic (exact) mass is 170 g/mol. The van der Waals surface area contributed by atoms with Crippen molar-refractivity contribution in [3.63, 3.8) is 0 Å². The van der Waals surface area contributed by atoms with Crippen LogP contribution in [0.25, 0.3) is 0 Å². The van der Waals surface area contributed by atoms with Gasteiger partial charge in [0, 0.05) is 19.6 Å². The summed E-state index contributed by atoms with van der Waals surface area (Å²) in [6.45, 7) is 15.7. The van der Waals surface area contributed by atoms with Gasteiger partial charge in [-0.25, -0.2) is 0 Å². The third-order valence-electron chi connectivity index (χ3n) is 1.80. The molecule has 2 nitrogen and oxygen atoms in total. The van der Waals surface area contributed by atoms with Gasteiger partial charge in [0.1, 0.15) is 0 Å². The van der Waals surface area contributed by atoms with Gasteiger partial charge in [0.15, 0.2) is 0 Å². The van der Waals surface area contributed by atoms with Crippen LogP contribution in [0.15, 0.2) is 12.2 Å². The second-order valence-corrected chi connectivity index (χ2v) is 3.18. The quantitative estimate of drug-likeness (QED) is 0.460. The molecule has 0 rings (SSSR count). The molecule has 0 atom stereocenters. The van der Waals surface area contributed by atoms with Gasteiger partial charge in [-0.1, -0.05) is 26.0 Å². The fourth-order valence-electron chi connectivity index (χ4n) is 1.14. The summed E-state index contributed by atoms with van der Waals surface area (Å²) >= 11 is 0. The third kappa shape index (κ3) is 6.38. The van der Waals surface area contributed by atoms with Gasteiger partial charge in [0.25, 0.3) is 0 Å². The SMILES string of the molecule is C=C(C)CN(CC)CCNCC. The summed E-state index contributed by atoms with van der Waals surface area (Å²) in [5.41, 5.74) is 1.24. The van der Waals surface area contributed by atoms with Gasteiger partial charge in [-0.15, -0.1) is 0 Å². The van der Waals surface area contributed by atoms with Crippen LogP contribution in [0, 0.1) is 0 Å². The van der Waals surface area contributed by atoms with Crippen LogP contribution in [0.3, 0.4) is 0 Å². The average Bonchev–Trinajstić information content (AvgIpc) is 2.02. The first-order valence-corrected chi connectivity index (χ1v) is 4.78. The summed E-state index contributed by atoms with van der Waals surface area (Å²) in [6.07, 6.45) is 0. The van der Waals surface area contributed by atoms with E-state index in [2.05, 4.69) is 37.6 Å². The van der Waals surface area contributed by atoms with Crippen molar-refractivity contribution >= 4 is 0 Å². The number of likely N-dealkylation sites (N-methyl/N-ethyl adjacent to an activating group) is 2. The molecule has 0 bridgehead atoms. The molecule has 0 amide bonds. The first kappa shape index (κ1) is 11.7. The topological polar surface area (TPSA) is 15.3 Å². The fourth-order valence-corrected chi connectivity index (χ4v) is 1.14. The fraction of sp³-hybridized carbons (Fsp3) is 0.800. The van der Waals surface area contributed by atoms with Crippen molar-refractivity contribution in [3.8, 4) is 0 Å². The van der Waals surface area contributed by atoms with E-state index in [1.165, 1.54) is 5.57 Å². The van der Waals surface area contributed by atoms with Crippen molar-refractivity contribution in [2.75, 3.05) is 32.7 Å². The Morgan fingerprint density at radius 2 is 2.08 bits per heavy atom. The van der Waals surface area contributed by atoms with Crippen LogP contribution in [0.2, 0.25) is 0 Å². The van der Waals surface area contributed by atoms with Crippen LogP contribution >= 0.6 is 0 Å². The maximum Gasteiger partial charge on any atom is 0.0187 e. The minimum atomic E-state index is 1.03. The molecule has 0 aliphatic rings. The van der Waals surface area contributed by atoms with Crippen LogP contribution in [0.4, 0.5) is 0 Å². The highest BCUT2D eigenvalue weighted by molar-refractivity contribution is 4.91. The molecule has 0 aliphatic heterocycles. The lowest BCUT2D eigenvalue weighted by Crippen LogP contribution is -2.32. The van der Waals surface area contributed by atoms with Crippen LogP contribution in [-0.2, 0) is 0 Å². The Balaban J connectivity index is 3.46. The normalized spacial score (nSPS) is 10.7. The van der Waals surface area contributed by atoms with Crippen molar-refractivity contribution in [2.24, 2.45) is 0 Å². The van der Waals surface area contributed by atoms with Crippen LogP contribution < -0.4 is 5.32 Å². The molecule has 0 heterocycles. The highest BCUT2D eigenvalue weighted by atomic mass is 15.1. The van der Waals surface area contributed by atoms with Crippen molar-refractivity contribution in [2.45, 2.75) is 20.8 Å². The van der Waals surface area contributed by atoms with E-state index >= 15 is 0 Å². The zero-order valence-electron chi connectivity index (χ0n) is 8.69. The Hall–Kier alpha value is -0.340. The molecule has 0 aromatic carbocycles. The minimum absolute atomic E-state index is 1.03. The van der Waals surface area contributed by atoms with Crippen LogP contribution in [-0.4, -0.2) is 37.6 Å². The molecule has 1 N–H and O–H groups in total. The Kier molecular flexibility index (Phi) is 7.11. The van der Waals surface area contributed by atoms with E-state index in [1.54, 1.807) is 0 Å². The molecule has 0 fully saturated rings. The molecule has 72 valence electrons. The summed E-state index contributed by atoms with van der Waals surface area (Å²) in [5.74, 6) is 0. The number of hydrogen-bond donors (Lipinski definition) is 1. The largest absolute Gasteiger partial charge is 0.316 e. The first-order chi connectivity index (χ1) is 5.70. The van der Waals surface area contributed by atoms with Crippen molar-refractivity contribution in [1.29, 1.82) is 0 Å². The molecule has 0 unspecified atom stereocenters. The van der Waals surface area contributed by atoms with E-state index in [4.69, 9.17) is 0 Å². The van der Waals surface area contributed by atoms with Crippen molar-refractivity contribution in [3.05, 3.63) is 12.2 Å². The molecule has 0 aromatic rings. The molecule has 0 saturated heterocycles. The van der Waals surface area contributed by atoms with E-state index in [0.29, 0.717) is 0 Å². The molecular weight excluding hydrogens is 148 g/mol. The number of hydrogen-bond acceptors (Lipinski definition) is 2. The zero-order valence-corrected chi connectivity index (χ0v) is 8.69. The molecule has 12 heavy (non-hydrogen) atoms. The summed E-state index contributed by atoms with van der Waals surface area (Å²) < 4.78 is 0. The lowest BCUT2D eigenvalue weighted by molar-refractivity contribution is 0.312. The second kappa shape index (κ2) is 7.32. The van der Waals surface area contributed by atoms with E-state index in [9.17, 15) is 0 Å². The van der Waals surface area contributed by atoms with Gasteiger partial charge >= 0.3 is 0 Å². The highest BCUT2D eigenvalue weighted by Gasteiger charge is 2.00. The summed E-state index contributed by atoms with van der Waals surface area (Å²) in [7, 11) is 0. The maximum absolute atomic E-state index is 3.91. The Morgan fingerprint density at radius 3 is 2.50 bits per heavy atom. The lowest BCUT2D eigenvalue weighted by atomic mass is 10.3. The summed E-state index contributed by atoms with van der Waals surface area (Å²) in [5, 5.41) is 3.31. The van der Waals surface area contributed by atoms with Crippen molar-refractivity contribution in [1.82, 2.24) is 10.2 Å². The summed E-state index contributed by atoms with van der Waals surface area (Å²) in [4.78, 5) is 2.39. The van der Waals surface area contributed by atoms with E-state index < -0.39 is 0 Å². The van der Waals surface area contributed by atoms with E-state index in [0.717, 1.165) is 32.7 Å². The first-order valence-electron chi connectivity index (χ1n) is 4.78. The number of nitrogens with zero attached hydrogens (tertiary/aromatic N) is 1. The zero-order chi connectivity index (χ0) is 9.40. The number of rotatable bonds is 7. The van der Waals surface area contributed by atoms with Gasteiger partial charge in [-0.3, -0.25) is 4.90 Å². The molecule has 0 aliphatic carbocycles. The van der Waals surface area contributed by atoms with Gasteiger partial charge in [-0.2, -0.15) is 0 Å². The Bertz CT molecular complexity index is 121. The molecule has 0 spiro atoms. The highest BCUT2D eigenvalue weighted by Crippen LogP contribution is 1.93. The third-order valence-corrected chi connectivity index (χ3v) is 1.80. The second-order valence-electron chi connectivity index (χ2n) is 3.18. The lowest BCUT2D eigenvalue weighted by Gasteiger charge is -2.20. The van der Waals surface area contributed by atoms with E-state index in [1.807, 2.05) is 0 Å². The van der Waals surface area contributed by atoms with E-state index in [-0.39, 0.29) is 0 Å². The van der Waals surface area contributed by atoms with Crippen molar-refractivity contribution < 1.29 is 0 Å². The Labute approximate surface area is 76.6 Å². The molecule has 0 radical (unpaired) electrons.